The monoisotopic (exact) mass is 300 g/mol. The minimum absolute atomic E-state index is 0.0491. The van der Waals surface area contributed by atoms with Crippen LogP contribution in [0.4, 0.5) is 0 Å². The van der Waals surface area contributed by atoms with Crippen LogP contribution in [-0.2, 0) is 22.8 Å². The van der Waals surface area contributed by atoms with Gasteiger partial charge in [0.25, 0.3) is 0 Å². The number of benzene rings is 1. The molecule has 0 atom stereocenters. The first-order valence-corrected chi connectivity index (χ1v) is 7.99. The Morgan fingerprint density at radius 1 is 1.10 bits per heavy atom. The Bertz CT molecular complexity index is 424. The molecule has 0 radical (unpaired) electrons. The number of hydrogen-bond donors (Lipinski definition) is 0. The van der Waals surface area contributed by atoms with E-state index in [0.29, 0.717) is 5.75 Å². The molecule has 1 aromatic rings. The lowest BCUT2D eigenvalue weighted by atomic mass is 10.2. The van der Waals surface area contributed by atoms with Crippen LogP contribution in [0.3, 0.4) is 0 Å². The molecule has 0 N–H and O–H groups in total. The molecule has 1 aromatic carbocycles. The Labute approximate surface area is 119 Å². The summed E-state index contributed by atoms with van der Waals surface area (Å²) in [5.41, 5.74) is 0.953. The molecule has 0 aliphatic heterocycles. The van der Waals surface area contributed by atoms with Gasteiger partial charge in [0.2, 0.25) is 0 Å². The van der Waals surface area contributed by atoms with Gasteiger partial charge in [0.05, 0.1) is 0 Å². The Hall–Kier alpha value is -1.41. The lowest BCUT2D eigenvalue weighted by molar-refractivity contribution is -0.145. The van der Waals surface area contributed by atoms with Gasteiger partial charge in [-0.05, 0) is 18.6 Å². The Kier molecular flexibility index (Phi) is 6.66. The molecule has 0 spiro atoms. The molecule has 20 heavy (non-hydrogen) atoms. The van der Waals surface area contributed by atoms with Crippen LogP contribution in [-0.4, -0.2) is 48.9 Å². The quantitative estimate of drug-likeness (QED) is 0.533. The van der Waals surface area contributed by atoms with Crippen molar-refractivity contribution in [3.8, 4) is 5.75 Å². The third-order valence-electron chi connectivity index (χ3n) is 2.78. The zero-order chi connectivity index (χ0) is 15.0. The molecule has 6 nitrogen and oxygen atoms in total. The molecular formula is C13H20O6Si. The highest BCUT2D eigenvalue weighted by molar-refractivity contribution is 6.60. The molecule has 112 valence electrons. The number of carbonyl (C=O) groups is 1. The molecule has 0 fully saturated rings. The van der Waals surface area contributed by atoms with Crippen molar-refractivity contribution in [2.24, 2.45) is 0 Å². The number of aryl methyl sites for hydroxylation is 1. The predicted molar refractivity (Wildman–Crippen MR) is 74.4 cm³/mol. The summed E-state index contributed by atoms with van der Waals surface area (Å²) in [4.78, 5) is 11.6. The molecule has 0 amide bonds. The molecule has 0 bridgehead atoms. The van der Waals surface area contributed by atoms with Crippen molar-refractivity contribution < 1.29 is 27.5 Å². The molecule has 0 aliphatic carbocycles. The maximum Gasteiger partial charge on any atom is 0.539 e. The highest BCUT2D eigenvalue weighted by atomic mass is 28.4. The number of rotatable bonds is 8. The fourth-order valence-corrected chi connectivity index (χ4v) is 2.68. The van der Waals surface area contributed by atoms with Crippen molar-refractivity contribution in [1.29, 1.82) is 0 Å². The molecule has 0 heterocycles. The third-order valence-corrected chi connectivity index (χ3v) is 5.15. The van der Waals surface area contributed by atoms with Crippen LogP contribution in [0.1, 0.15) is 5.56 Å². The fraction of sp³-hybridized carbons (Fsp3) is 0.462. The summed E-state index contributed by atoms with van der Waals surface area (Å²) >= 11 is 0. The SMILES string of the molecule is CO[Si](COC(=O)COc1ccccc1C)(OC)OC. The van der Waals surface area contributed by atoms with E-state index in [1.54, 1.807) is 6.07 Å². The highest BCUT2D eigenvalue weighted by Crippen LogP contribution is 2.16. The smallest absolute Gasteiger partial charge is 0.482 e. The maximum absolute atomic E-state index is 11.6. The van der Waals surface area contributed by atoms with Crippen molar-refractivity contribution in [2.75, 3.05) is 34.2 Å². The number of para-hydroxylation sites is 1. The van der Waals surface area contributed by atoms with Gasteiger partial charge < -0.3 is 22.8 Å². The van der Waals surface area contributed by atoms with Crippen molar-refractivity contribution >= 4 is 14.8 Å². The van der Waals surface area contributed by atoms with Gasteiger partial charge in [-0.3, -0.25) is 0 Å². The van der Waals surface area contributed by atoms with Crippen molar-refractivity contribution in [2.45, 2.75) is 6.92 Å². The summed E-state index contributed by atoms with van der Waals surface area (Å²) in [7, 11) is 1.47. The van der Waals surface area contributed by atoms with E-state index in [2.05, 4.69) is 0 Å². The molecule has 0 saturated heterocycles. The van der Waals surface area contributed by atoms with Crippen LogP contribution in [0.25, 0.3) is 0 Å². The van der Waals surface area contributed by atoms with Crippen LogP contribution in [0.5, 0.6) is 5.75 Å². The highest BCUT2D eigenvalue weighted by Gasteiger charge is 2.40. The van der Waals surface area contributed by atoms with Gasteiger partial charge in [0.15, 0.2) is 12.8 Å². The van der Waals surface area contributed by atoms with E-state index in [-0.39, 0.29) is 12.8 Å². The van der Waals surface area contributed by atoms with Gasteiger partial charge >= 0.3 is 14.8 Å². The largest absolute Gasteiger partial charge is 0.539 e. The summed E-state index contributed by atoms with van der Waals surface area (Å²) in [5.74, 6) is 0.148. The average molecular weight is 300 g/mol. The van der Waals surface area contributed by atoms with Gasteiger partial charge in [0, 0.05) is 21.3 Å². The van der Waals surface area contributed by atoms with E-state index in [4.69, 9.17) is 22.8 Å². The predicted octanol–water partition coefficient (Wildman–Crippen LogP) is 1.33. The van der Waals surface area contributed by atoms with Gasteiger partial charge in [-0.1, -0.05) is 18.2 Å². The van der Waals surface area contributed by atoms with Crippen LogP contribution in [0, 0.1) is 6.92 Å². The van der Waals surface area contributed by atoms with Gasteiger partial charge in [-0.15, -0.1) is 0 Å². The Morgan fingerprint density at radius 3 is 2.25 bits per heavy atom. The number of carbonyl (C=O) groups excluding carboxylic acids is 1. The minimum atomic E-state index is -2.90. The molecule has 1 rings (SSSR count). The molecule has 0 aromatic heterocycles. The van der Waals surface area contributed by atoms with Crippen molar-refractivity contribution in [1.82, 2.24) is 0 Å². The fourth-order valence-electron chi connectivity index (χ4n) is 1.49. The minimum Gasteiger partial charge on any atom is -0.482 e. The molecule has 0 aliphatic rings. The van der Waals surface area contributed by atoms with E-state index in [0.717, 1.165) is 5.56 Å². The van der Waals surface area contributed by atoms with Crippen LogP contribution >= 0.6 is 0 Å². The second-order valence-corrected chi connectivity index (χ2v) is 6.89. The zero-order valence-electron chi connectivity index (χ0n) is 12.2. The maximum atomic E-state index is 11.6. The summed E-state index contributed by atoms with van der Waals surface area (Å²) in [6, 6.07) is 7.43. The third kappa shape index (κ3) is 4.60. The summed E-state index contributed by atoms with van der Waals surface area (Å²) in [6.07, 6.45) is -0.0491. The lowest BCUT2D eigenvalue weighted by Gasteiger charge is -2.23. The normalized spacial score (nSPS) is 11.2. The Balaban J connectivity index is 2.43. The van der Waals surface area contributed by atoms with Gasteiger partial charge in [0.1, 0.15) is 5.75 Å². The van der Waals surface area contributed by atoms with Crippen molar-refractivity contribution in [3.05, 3.63) is 29.8 Å². The number of hydrogen-bond acceptors (Lipinski definition) is 6. The van der Waals surface area contributed by atoms with Crippen LogP contribution < -0.4 is 4.74 Å². The second kappa shape index (κ2) is 8.00. The van der Waals surface area contributed by atoms with E-state index >= 15 is 0 Å². The van der Waals surface area contributed by atoms with Gasteiger partial charge in [-0.2, -0.15) is 0 Å². The van der Waals surface area contributed by atoms with E-state index in [1.807, 2.05) is 25.1 Å². The summed E-state index contributed by atoms with van der Waals surface area (Å²) in [5, 5.41) is 0. The van der Waals surface area contributed by atoms with Crippen molar-refractivity contribution in [3.63, 3.8) is 0 Å². The van der Waals surface area contributed by atoms with E-state index < -0.39 is 14.8 Å². The van der Waals surface area contributed by atoms with E-state index in [1.165, 1.54) is 21.3 Å². The summed E-state index contributed by atoms with van der Waals surface area (Å²) < 4.78 is 25.9. The summed E-state index contributed by atoms with van der Waals surface area (Å²) in [6.45, 7) is 1.73. The van der Waals surface area contributed by atoms with Crippen LogP contribution in [0.15, 0.2) is 24.3 Å². The number of ether oxygens (including phenoxy) is 2. The van der Waals surface area contributed by atoms with Gasteiger partial charge in [-0.25, -0.2) is 4.79 Å². The first-order valence-electron chi connectivity index (χ1n) is 6.06. The first kappa shape index (κ1) is 16.6. The van der Waals surface area contributed by atoms with Crippen LogP contribution in [0.2, 0.25) is 0 Å². The number of esters is 1. The zero-order valence-corrected chi connectivity index (χ0v) is 13.2. The lowest BCUT2D eigenvalue weighted by Crippen LogP contribution is -2.48. The molecule has 7 heteroatoms. The van der Waals surface area contributed by atoms with E-state index in [9.17, 15) is 4.79 Å². The Morgan fingerprint density at radius 2 is 1.70 bits per heavy atom. The topological polar surface area (TPSA) is 63.2 Å². The second-order valence-electron chi connectivity index (χ2n) is 4.01. The molecular weight excluding hydrogens is 280 g/mol. The standard InChI is InChI=1S/C13H20O6Si/c1-11-7-5-6-8-12(11)18-9-13(14)19-10-20(15-2,16-3)17-4/h5-8H,9-10H2,1-4H3. The molecule has 0 unspecified atom stereocenters. The average Bonchev–Trinajstić information content (AvgIpc) is 2.48. The molecule has 0 saturated carbocycles. The first-order chi connectivity index (χ1) is 9.56.